The molecule has 2 heterocycles. The van der Waals surface area contributed by atoms with Crippen molar-refractivity contribution in [3.63, 3.8) is 0 Å². The third-order valence-electron chi connectivity index (χ3n) is 8.02. The van der Waals surface area contributed by atoms with Crippen molar-refractivity contribution in [3.8, 4) is 17.4 Å². The summed E-state index contributed by atoms with van der Waals surface area (Å²) in [7, 11) is 0. The maximum atomic E-state index is 10.3. The van der Waals surface area contributed by atoms with Gasteiger partial charge in [-0.2, -0.15) is 0 Å². The van der Waals surface area contributed by atoms with Gasteiger partial charge in [-0.05, 0) is 60.4 Å². The van der Waals surface area contributed by atoms with Gasteiger partial charge in [0.05, 0.1) is 6.04 Å². The first-order valence-electron chi connectivity index (χ1n) is 14.5. The van der Waals surface area contributed by atoms with Crippen LogP contribution in [0.4, 0.5) is 5.69 Å². The number of hydrogen-bond donors (Lipinski definition) is 1. The molecule has 1 aliphatic rings. The smallest absolute Gasteiger partial charge is 0.219 e. The monoisotopic (exact) mass is 561 g/mol. The summed E-state index contributed by atoms with van der Waals surface area (Å²) in [6.45, 7) is 4.33. The lowest BCUT2D eigenvalue weighted by atomic mass is 9.92. The van der Waals surface area contributed by atoms with Crippen molar-refractivity contribution in [1.29, 1.82) is 0 Å². The minimum Gasteiger partial charge on any atom is -0.506 e. The van der Waals surface area contributed by atoms with Crippen LogP contribution in [0.25, 0.3) is 10.9 Å². The number of aryl methyl sites for hydroxylation is 2. The van der Waals surface area contributed by atoms with E-state index in [1.165, 1.54) is 16.7 Å². The van der Waals surface area contributed by atoms with E-state index in [4.69, 9.17) is 9.73 Å². The number of ether oxygens (including phenoxy) is 1. The Morgan fingerprint density at radius 3 is 2.09 bits per heavy atom. The van der Waals surface area contributed by atoms with Gasteiger partial charge in [-0.1, -0.05) is 103 Å². The van der Waals surface area contributed by atoms with Crippen LogP contribution in [0.1, 0.15) is 39.9 Å². The number of nitrogens with zero attached hydrogens (tertiary/aromatic N) is 3. The van der Waals surface area contributed by atoms with Gasteiger partial charge in [-0.25, -0.2) is 4.98 Å². The molecule has 0 amide bonds. The summed E-state index contributed by atoms with van der Waals surface area (Å²) in [5.74, 6) is 2.06. The summed E-state index contributed by atoms with van der Waals surface area (Å²) in [4.78, 5) is 12.4. The van der Waals surface area contributed by atoms with Crippen LogP contribution in [0.15, 0.2) is 138 Å². The molecule has 0 spiro atoms. The molecule has 5 heteroatoms. The van der Waals surface area contributed by atoms with E-state index in [1.807, 2.05) is 42.5 Å². The van der Waals surface area contributed by atoms with Crippen molar-refractivity contribution >= 4 is 22.4 Å². The van der Waals surface area contributed by atoms with E-state index in [9.17, 15) is 5.11 Å². The predicted molar refractivity (Wildman–Crippen MR) is 173 cm³/mol. The summed E-state index contributed by atoms with van der Waals surface area (Å²) in [6, 6.07) is 44.5. The van der Waals surface area contributed by atoms with Gasteiger partial charge < -0.3 is 14.7 Å². The fourth-order valence-corrected chi connectivity index (χ4v) is 6.06. The Morgan fingerprint density at radius 1 is 0.674 bits per heavy atom. The molecular weight excluding hydrogens is 530 g/mol. The zero-order valence-corrected chi connectivity index (χ0v) is 24.1. The first-order valence-corrected chi connectivity index (χ1v) is 14.5. The van der Waals surface area contributed by atoms with E-state index in [0.29, 0.717) is 17.1 Å². The maximum Gasteiger partial charge on any atom is 0.219 e. The number of phenols is 1. The maximum absolute atomic E-state index is 10.3. The molecular formula is C38H31N3O2. The molecule has 0 saturated heterocycles. The molecule has 0 bridgehead atoms. The molecule has 0 unspecified atom stereocenters. The largest absolute Gasteiger partial charge is 0.506 e. The Morgan fingerprint density at radius 2 is 1.35 bits per heavy atom. The number of amidine groups is 1. The average Bonchev–Trinajstić information content (AvgIpc) is 3.43. The lowest BCUT2D eigenvalue weighted by Crippen LogP contribution is -2.33. The zero-order chi connectivity index (χ0) is 29.3. The van der Waals surface area contributed by atoms with Crippen LogP contribution in [-0.4, -0.2) is 15.9 Å². The Labute approximate surface area is 251 Å². The highest BCUT2D eigenvalue weighted by Gasteiger charge is 2.40. The fraction of sp³-hybridized carbons (Fsp3) is 0.105. The Kier molecular flexibility index (Phi) is 6.84. The van der Waals surface area contributed by atoms with Gasteiger partial charge >= 0.3 is 0 Å². The fourth-order valence-electron chi connectivity index (χ4n) is 6.06. The van der Waals surface area contributed by atoms with Crippen molar-refractivity contribution in [2.24, 2.45) is 4.99 Å². The van der Waals surface area contributed by atoms with Gasteiger partial charge in [0.2, 0.25) is 5.88 Å². The SMILES string of the molecule is Cc1cccc(C)c1N1C(c2cccc(Oc3ccc4cccc(O)c4n3)c2)=N[C@@H](c2ccccc2)[C@H]1c1ccccc1. The quantitative estimate of drug-likeness (QED) is 0.220. The molecule has 5 aromatic carbocycles. The summed E-state index contributed by atoms with van der Waals surface area (Å²) in [5.41, 5.74) is 7.36. The standard InChI is InChI=1S/C38H31N3O2/c1-25-12-9-13-26(2)36(25)41-37(29-16-7-4-8-17-29)35(27-14-5-3-6-15-27)40-38(41)30-19-10-20-31(24-30)43-33-23-22-28-18-11-21-32(42)34(28)39-33/h3-24,35,37,42H,1-2H3/t35-,37+/m0/s1. The van der Waals surface area contributed by atoms with Gasteiger partial charge in [-0.3, -0.25) is 4.99 Å². The Balaban J connectivity index is 1.36. The second-order valence-corrected chi connectivity index (χ2v) is 10.9. The number of aromatic hydroxyl groups is 1. The lowest BCUT2D eigenvalue weighted by molar-refractivity contribution is 0.460. The molecule has 2 atom stereocenters. The number of rotatable bonds is 6. The summed E-state index contributed by atoms with van der Waals surface area (Å²) in [6.07, 6.45) is 0. The molecule has 5 nitrogen and oxygen atoms in total. The molecule has 7 rings (SSSR count). The average molecular weight is 562 g/mol. The van der Waals surface area contributed by atoms with Crippen molar-refractivity contribution in [3.05, 3.63) is 161 Å². The van der Waals surface area contributed by atoms with E-state index >= 15 is 0 Å². The molecule has 210 valence electrons. The summed E-state index contributed by atoms with van der Waals surface area (Å²) >= 11 is 0. The minimum atomic E-state index is -0.118. The van der Waals surface area contributed by atoms with Gasteiger partial charge in [-0.15, -0.1) is 0 Å². The highest BCUT2D eigenvalue weighted by molar-refractivity contribution is 6.13. The van der Waals surface area contributed by atoms with Crippen molar-refractivity contribution in [1.82, 2.24) is 4.98 Å². The number of phenolic OH excluding ortho intramolecular Hbond substituents is 1. The molecule has 6 aromatic rings. The van der Waals surface area contributed by atoms with E-state index in [0.717, 1.165) is 28.0 Å². The van der Waals surface area contributed by atoms with Crippen molar-refractivity contribution in [2.45, 2.75) is 25.9 Å². The second-order valence-electron chi connectivity index (χ2n) is 10.9. The van der Waals surface area contributed by atoms with E-state index in [-0.39, 0.29) is 17.8 Å². The number of para-hydroxylation sites is 2. The lowest BCUT2D eigenvalue weighted by Gasteiger charge is -2.33. The molecule has 1 aliphatic heterocycles. The number of aromatic nitrogens is 1. The molecule has 0 saturated carbocycles. The molecule has 0 radical (unpaired) electrons. The second kappa shape index (κ2) is 11.1. The third kappa shape index (κ3) is 4.99. The first-order chi connectivity index (χ1) is 21.1. The number of fused-ring (bicyclic) bond motifs is 1. The predicted octanol–water partition coefficient (Wildman–Crippen LogP) is 9.10. The minimum absolute atomic E-state index is 0.0481. The zero-order valence-electron chi connectivity index (χ0n) is 24.1. The number of pyridine rings is 1. The van der Waals surface area contributed by atoms with Crippen LogP contribution in [0.2, 0.25) is 0 Å². The summed E-state index contributed by atoms with van der Waals surface area (Å²) in [5, 5.41) is 11.2. The van der Waals surface area contributed by atoms with Crippen molar-refractivity contribution < 1.29 is 9.84 Å². The topological polar surface area (TPSA) is 58.0 Å². The van der Waals surface area contributed by atoms with E-state index < -0.39 is 0 Å². The third-order valence-corrected chi connectivity index (χ3v) is 8.02. The number of hydrogen-bond acceptors (Lipinski definition) is 5. The Bertz CT molecular complexity index is 1930. The molecule has 0 fully saturated rings. The van der Waals surface area contributed by atoms with Crippen LogP contribution in [0, 0.1) is 13.8 Å². The molecule has 0 aliphatic carbocycles. The number of aliphatic imine (C=N–C) groups is 1. The molecule has 1 aromatic heterocycles. The van der Waals surface area contributed by atoms with Crippen LogP contribution in [0.3, 0.4) is 0 Å². The Hall–Kier alpha value is -5.42. The van der Waals surface area contributed by atoms with Crippen LogP contribution < -0.4 is 9.64 Å². The summed E-state index contributed by atoms with van der Waals surface area (Å²) < 4.78 is 6.26. The highest BCUT2D eigenvalue weighted by Crippen LogP contribution is 2.47. The van der Waals surface area contributed by atoms with Gasteiger partial charge in [0.25, 0.3) is 0 Å². The number of anilines is 1. The van der Waals surface area contributed by atoms with E-state index in [1.54, 1.807) is 12.1 Å². The van der Waals surface area contributed by atoms with Gasteiger partial charge in [0, 0.05) is 22.7 Å². The molecule has 1 N–H and O–H groups in total. The highest BCUT2D eigenvalue weighted by atomic mass is 16.5. The van der Waals surface area contributed by atoms with Crippen molar-refractivity contribution in [2.75, 3.05) is 4.90 Å². The molecule has 43 heavy (non-hydrogen) atoms. The van der Waals surface area contributed by atoms with Gasteiger partial charge in [0.1, 0.15) is 28.9 Å². The normalized spacial score (nSPS) is 16.3. The van der Waals surface area contributed by atoms with Crippen LogP contribution >= 0.6 is 0 Å². The number of benzene rings is 5. The van der Waals surface area contributed by atoms with Crippen LogP contribution in [0.5, 0.6) is 17.4 Å². The van der Waals surface area contributed by atoms with E-state index in [2.05, 4.69) is 103 Å². The van der Waals surface area contributed by atoms with Crippen LogP contribution in [-0.2, 0) is 0 Å². The van der Waals surface area contributed by atoms with Gasteiger partial charge in [0.15, 0.2) is 0 Å². The first kappa shape index (κ1) is 26.5.